The van der Waals surface area contributed by atoms with Gasteiger partial charge < -0.3 is 29.2 Å². The maximum Gasteiger partial charge on any atom is 0.226 e. The summed E-state index contributed by atoms with van der Waals surface area (Å²) >= 11 is 5.34. The number of amides is 2. The first-order valence-corrected chi connectivity index (χ1v) is 27.7. The number of carbonyl (C=O) groups is 2. The lowest BCUT2D eigenvalue weighted by atomic mass is 10.0. The maximum atomic E-state index is 12.8. The van der Waals surface area contributed by atoms with Crippen molar-refractivity contribution in [2.75, 3.05) is 49.6 Å². The Labute approximate surface area is 356 Å². The van der Waals surface area contributed by atoms with Crippen LogP contribution in [0.5, 0.6) is 0 Å². The number of carbonyl (C=O) groups excluding carboxylic acids is 2. The number of nitrogens with zero attached hydrogens (tertiary/aromatic N) is 2. The minimum Gasteiger partial charge on any atom is -0.413 e. The number of anilines is 2. The van der Waals surface area contributed by atoms with Crippen LogP contribution in [0.3, 0.4) is 0 Å². The molecular formula is C43H74N2O6S4Si. The highest BCUT2D eigenvalue weighted by atomic mass is 33.1. The molecule has 1 saturated heterocycles. The van der Waals surface area contributed by atoms with Gasteiger partial charge in [-0.25, -0.2) is 0 Å². The van der Waals surface area contributed by atoms with E-state index in [2.05, 4.69) is 92.9 Å². The second-order valence-corrected chi connectivity index (χ2v) is 28.6. The second-order valence-electron chi connectivity index (χ2n) is 17.2. The molecule has 1 atom stereocenters. The van der Waals surface area contributed by atoms with E-state index in [1.165, 1.54) is 18.4 Å². The summed E-state index contributed by atoms with van der Waals surface area (Å²) in [5.41, 5.74) is 5.42. The third-order valence-corrected chi connectivity index (χ3v) is 20.8. The maximum absolute atomic E-state index is 12.8. The molecule has 3 rings (SSSR count). The van der Waals surface area contributed by atoms with Crippen LogP contribution < -0.4 is 9.80 Å². The van der Waals surface area contributed by atoms with Crippen LogP contribution in [0.2, 0.25) is 18.1 Å². The van der Waals surface area contributed by atoms with E-state index >= 15 is 0 Å². The predicted molar refractivity (Wildman–Crippen MR) is 251 cm³/mol. The third kappa shape index (κ3) is 18.7. The van der Waals surface area contributed by atoms with Gasteiger partial charge in [0.05, 0.1) is 19.8 Å². The van der Waals surface area contributed by atoms with Gasteiger partial charge in [0.2, 0.25) is 11.8 Å². The topological polar surface area (TPSA) is 99.5 Å². The van der Waals surface area contributed by atoms with Gasteiger partial charge in [0, 0.05) is 61.0 Å². The van der Waals surface area contributed by atoms with Crippen LogP contribution in [0.25, 0.3) is 0 Å². The predicted octanol–water partition coefficient (Wildman–Crippen LogP) is 10.0. The highest BCUT2D eigenvalue weighted by Gasteiger charge is 2.37. The molecule has 1 aliphatic heterocycles. The molecule has 1 aliphatic rings. The van der Waals surface area contributed by atoms with Crippen LogP contribution in [0.15, 0.2) is 36.4 Å². The van der Waals surface area contributed by atoms with Gasteiger partial charge in [-0.15, -0.1) is 9.45 Å². The molecule has 13 heteroatoms. The number of rotatable bonds is 17. The summed E-state index contributed by atoms with van der Waals surface area (Å²) in [7, 11) is 5.23. The number of aliphatic hydroxyl groups excluding tert-OH is 2. The van der Waals surface area contributed by atoms with Crippen molar-refractivity contribution in [3.8, 4) is 0 Å². The summed E-state index contributed by atoms with van der Waals surface area (Å²) in [4.78, 5) is 28.6. The molecule has 1 fully saturated rings. The van der Waals surface area contributed by atoms with E-state index in [0.29, 0.717) is 36.3 Å². The summed E-state index contributed by atoms with van der Waals surface area (Å²) < 4.78 is 11.4. The molecule has 0 aromatic heterocycles. The first-order chi connectivity index (χ1) is 25.9. The van der Waals surface area contributed by atoms with Crippen LogP contribution in [0.4, 0.5) is 11.4 Å². The fourth-order valence-corrected chi connectivity index (χ4v) is 9.02. The van der Waals surface area contributed by atoms with Crippen molar-refractivity contribution in [3.05, 3.63) is 58.7 Å². The number of aliphatic hydroxyl groups is 2. The van der Waals surface area contributed by atoms with E-state index < -0.39 is 8.32 Å². The first kappa shape index (κ1) is 52.7. The van der Waals surface area contributed by atoms with E-state index in [0.717, 1.165) is 43.7 Å². The Morgan fingerprint density at radius 3 is 1.66 bits per heavy atom. The van der Waals surface area contributed by atoms with Crippen LogP contribution in [0, 0.1) is 0 Å². The molecule has 8 nitrogen and oxygen atoms in total. The van der Waals surface area contributed by atoms with Crippen molar-refractivity contribution in [1.29, 1.82) is 0 Å². The molecule has 2 amide bonds. The van der Waals surface area contributed by atoms with Crippen LogP contribution >= 0.6 is 21.6 Å². The van der Waals surface area contributed by atoms with Gasteiger partial charge in [0.1, 0.15) is 0 Å². The lowest BCUT2D eigenvalue weighted by Crippen LogP contribution is -2.40. The van der Waals surface area contributed by atoms with E-state index in [9.17, 15) is 19.8 Å². The largest absolute Gasteiger partial charge is 0.413 e. The Balaban J connectivity index is 0.000000509. The molecule has 1 unspecified atom stereocenters. The number of benzene rings is 2. The molecule has 0 radical (unpaired) electrons. The zero-order valence-corrected chi connectivity index (χ0v) is 41.3. The van der Waals surface area contributed by atoms with Crippen molar-refractivity contribution in [1.82, 2.24) is 0 Å². The summed E-state index contributed by atoms with van der Waals surface area (Å²) in [5, 5.41) is 18.7. The quantitative estimate of drug-likeness (QED) is 0.119. The van der Waals surface area contributed by atoms with Gasteiger partial charge in [-0.3, -0.25) is 9.59 Å². The molecule has 320 valence electrons. The van der Waals surface area contributed by atoms with Crippen molar-refractivity contribution in [2.24, 2.45) is 0 Å². The average molecular weight is 871 g/mol. The fraction of sp³-hybridized carbons (Fsp3) is 0.674. The molecule has 1 heterocycles. The summed E-state index contributed by atoms with van der Waals surface area (Å²) in [6.45, 7) is 24.4. The van der Waals surface area contributed by atoms with Crippen molar-refractivity contribution < 1.29 is 29.0 Å². The SMILES string of the molecule is C1CCOC1.CCc1cc(CO[Si](C)(C)C(C)(C)C)cc(N(C)C(=O)CCC(C)(C)SSC)c1.CN(C(=O)CCC(C)(C)S(C)=S)c1cc(CO)cc(CO)c1. The Morgan fingerprint density at radius 2 is 1.27 bits per heavy atom. The van der Waals surface area contributed by atoms with Crippen molar-refractivity contribution in [2.45, 2.75) is 148 Å². The van der Waals surface area contributed by atoms with Gasteiger partial charge in [0.25, 0.3) is 0 Å². The van der Waals surface area contributed by atoms with Gasteiger partial charge >= 0.3 is 0 Å². The van der Waals surface area contributed by atoms with Crippen molar-refractivity contribution >= 4 is 73.7 Å². The minimum absolute atomic E-state index is 0.00695. The Bertz CT molecular complexity index is 1510. The van der Waals surface area contributed by atoms with Crippen LogP contribution in [-0.4, -0.2) is 79.7 Å². The highest BCUT2D eigenvalue weighted by Crippen LogP contribution is 2.38. The summed E-state index contributed by atoms with van der Waals surface area (Å²) in [6, 6.07) is 11.7. The number of hydrogen-bond acceptors (Lipinski definition) is 9. The minimum atomic E-state index is -1.81. The van der Waals surface area contributed by atoms with E-state index in [-0.39, 0.29) is 49.0 Å². The van der Waals surface area contributed by atoms with Gasteiger partial charge in [0.15, 0.2) is 8.32 Å². The Morgan fingerprint density at radius 1 is 0.821 bits per heavy atom. The van der Waals surface area contributed by atoms with Gasteiger partial charge in [-0.2, -0.15) is 0 Å². The second kappa shape index (κ2) is 24.7. The van der Waals surface area contributed by atoms with E-state index in [4.69, 9.17) is 20.4 Å². The van der Waals surface area contributed by atoms with Crippen molar-refractivity contribution in [3.63, 3.8) is 0 Å². The molecule has 2 N–H and O–H groups in total. The zero-order chi connectivity index (χ0) is 42.9. The lowest BCUT2D eigenvalue weighted by Gasteiger charge is -2.36. The Hall–Kier alpha value is -1.29. The Kier molecular flexibility index (Phi) is 23.3. The zero-order valence-electron chi connectivity index (χ0n) is 37.0. The number of hydrogen-bond donors (Lipinski definition) is 2. The number of aryl methyl sites for hydroxylation is 1. The average Bonchev–Trinajstić information content (AvgIpc) is 3.74. The molecular weight excluding hydrogens is 797 g/mol. The summed E-state index contributed by atoms with van der Waals surface area (Å²) in [5.74, 6) is 0.178. The normalized spacial score (nSPS) is 13.9. The monoisotopic (exact) mass is 870 g/mol. The molecule has 0 aliphatic carbocycles. The smallest absolute Gasteiger partial charge is 0.226 e. The van der Waals surface area contributed by atoms with E-state index in [1.807, 2.05) is 29.0 Å². The van der Waals surface area contributed by atoms with Gasteiger partial charge in [-0.1, -0.05) is 86.5 Å². The van der Waals surface area contributed by atoms with Crippen LogP contribution in [-0.2, 0) is 65.6 Å². The summed E-state index contributed by atoms with van der Waals surface area (Å²) in [6.07, 6.45) is 10.2. The molecule has 0 spiro atoms. The van der Waals surface area contributed by atoms with E-state index in [1.54, 1.807) is 40.9 Å². The standard InChI is InChI=1S/C23H41NO2S2Si.C16H25NO3S2.C4H8O/c1-11-18-14-19(17-26-29(9,10)22(2,3)4)16-20(15-18)24(7)21(25)12-13-23(5,6)28-27-8;1-16(2,22(4)21)6-5-15(20)17(3)14-8-12(10-18)7-13(9-14)11-19;1-2-4-5-3-1/h14-16H,11-13,17H2,1-10H3;7-9,18-19H,5-6,10-11H2,1-4H3;1-4H2. The highest BCUT2D eigenvalue weighted by molar-refractivity contribution is 8.76. The molecule has 0 saturated carbocycles. The lowest BCUT2D eigenvalue weighted by molar-refractivity contribution is -0.119. The van der Waals surface area contributed by atoms with Crippen LogP contribution in [0.1, 0.15) is 116 Å². The number of ether oxygens (including phenoxy) is 1. The fourth-order valence-electron chi connectivity index (χ4n) is 5.18. The third-order valence-electron chi connectivity index (χ3n) is 10.6. The molecule has 2 aromatic carbocycles. The first-order valence-electron chi connectivity index (χ1n) is 19.7. The molecule has 2 aromatic rings. The molecule has 56 heavy (non-hydrogen) atoms. The molecule has 0 bridgehead atoms. The van der Waals surface area contributed by atoms with Gasteiger partial charge in [-0.05, 0) is 123 Å².